The maximum absolute atomic E-state index is 8.92. The number of hydrogen-bond acceptors (Lipinski definition) is 7. The van der Waals surface area contributed by atoms with E-state index >= 15 is 0 Å². The van der Waals surface area contributed by atoms with E-state index in [1.165, 1.54) is 0 Å². The van der Waals surface area contributed by atoms with Gasteiger partial charge in [0.15, 0.2) is 0 Å². The smallest absolute Gasteiger partial charge is 0.328 e. The van der Waals surface area contributed by atoms with E-state index in [1.54, 1.807) is 31.3 Å². The zero-order valence-electron chi connectivity index (χ0n) is 15.3. The SMILES string of the molecule is CNc1nc(Nc2ccc(C#N)cc2)nc(Oc2ccc3cccc(Br)c3c2)n1. The molecule has 8 heteroatoms. The summed E-state index contributed by atoms with van der Waals surface area (Å²) in [4.78, 5) is 12.9. The van der Waals surface area contributed by atoms with Gasteiger partial charge in [0.2, 0.25) is 11.9 Å². The van der Waals surface area contributed by atoms with Gasteiger partial charge in [0, 0.05) is 17.2 Å². The number of anilines is 3. The average Bonchev–Trinajstić information content (AvgIpc) is 2.75. The molecule has 1 aromatic heterocycles. The second-order valence-corrected chi connectivity index (χ2v) is 6.91. The molecule has 4 aromatic rings. The molecule has 0 aliphatic carbocycles. The van der Waals surface area contributed by atoms with E-state index in [1.807, 2.05) is 36.4 Å². The highest BCUT2D eigenvalue weighted by molar-refractivity contribution is 9.10. The summed E-state index contributed by atoms with van der Waals surface area (Å²) in [5.74, 6) is 1.31. The molecular weight excluding hydrogens is 432 g/mol. The Balaban J connectivity index is 1.62. The summed E-state index contributed by atoms with van der Waals surface area (Å²) in [6, 6.07) is 21.0. The van der Waals surface area contributed by atoms with E-state index in [9.17, 15) is 0 Å². The third-order valence-electron chi connectivity index (χ3n) is 4.12. The fourth-order valence-corrected chi connectivity index (χ4v) is 3.21. The molecule has 2 N–H and O–H groups in total. The number of nitriles is 1. The van der Waals surface area contributed by atoms with Gasteiger partial charge < -0.3 is 15.4 Å². The molecule has 0 aliphatic heterocycles. The lowest BCUT2D eigenvalue weighted by molar-refractivity contribution is 0.442. The Morgan fingerprint density at radius 3 is 2.52 bits per heavy atom. The van der Waals surface area contributed by atoms with Gasteiger partial charge in [-0.25, -0.2) is 0 Å². The second kappa shape index (κ2) is 8.12. The van der Waals surface area contributed by atoms with Crippen molar-refractivity contribution in [2.45, 2.75) is 0 Å². The molecule has 0 unspecified atom stereocenters. The van der Waals surface area contributed by atoms with Gasteiger partial charge in [0.25, 0.3) is 0 Å². The highest BCUT2D eigenvalue weighted by atomic mass is 79.9. The number of hydrogen-bond donors (Lipinski definition) is 2. The number of ether oxygens (including phenoxy) is 1. The molecule has 0 aliphatic rings. The summed E-state index contributed by atoms with van der Waals surface area (Å²) in [6.45, 7) is 0. The molecule has 0 amide bonds. The lowest BCUT2D eigenvalue weighted by Gasteiger charge is -2.10. The Bertz CT molecular complexity index is 1220. The summed E-state index contributed by atoms with van der Waals surface area (Å²) in [5.41, 5.74) is 1.33. The number of nitrogens with one attached hydrogen (secondary N) is 2. The molecule has 0 fully saturated rings. The van der Waals surface area contributed by atoms with Gasteiger partial charge in [-0.3, -0.25) is 0 Å². The van der Waals surface area contributed by atoms with Gasteiger partial charge in [0.05, 0.1) is 11.6 Å². The lowest BCUT2D eigenvalue weighted by Crippen LogP contribution is -2.05. The van der Waals surface area contributed by atoms with Gasteiger partial charge in [-0.1, -0.05) is 34.1 Å². The van der Waals surface area contributed by atoms with E-state index < -0.39 is 0 Å². The Kier molecular flexibility index (Phi) is 5.22. The monoisotopic (exact) mass is 446 g/mol. The predicted octanol–water partition coefficient (Wildman–Crippen LogP) is 5.24. The molecule has 1 heterocycles. The van der Waals surface area contributed by atoms with Gasteiger partial charge in [0.1, 0.15) is 5.75 Å². The number of halogens is 1. The van der Waals surface area contributed by atoms with Crippen LogP contribution in [0, 0.1) is 11.3 Å². The zero-order chi connectivity index (χ0) is 20.2. The van der Waals surface area contributed by atoms with Crippen LogP contribution in [0.3, 0.4) is 0 Å². The summed E-state index contributed by atoms with van der Waals surface area (Å²) >= 11 is 3.56. The number of rotatable bonds is 5. The Labute approximate surface area is 175 Å². The van der Waals surface area contributed by atoms with Crippen LogP contribution in [0.2, 0.25) is 0 Å². The minimum Gasteiger partial charge on any atom is -0.424 e. The maximum atomic E-state index is 8.92. The largest absolute Gasteiger partial charge is 0.424 e. The Morgan fingerprint density at radius 1 is 0.966 bits per heavy atom. The van der Waals surface area contributed by atoms with Crippen molar-refractivity contribution in [1.82, 2.24) is 15.0 Å². The predicted molar refractivity (Wildman–Crippen MR) is 116 cm³/mol. The summed E-state index contributed by atoms with van der Waals surface area (Å²) in [7, 11) is 1.72. The van der Waals surface area contributed by atoms with Crippen molar-refractivity contribution in [3.8, 4) is 17.8 Å². The molecule has 29 heavy (non-hydrogen) atoms. The Hall–Kier alpha value is -3.70. The summed E-state index contributed by atoms with van der Waals surface area (Å²) in [5, 5.41) is 17.0. The third kappa shape index (κ3) is 4.25. The van der Waals surface area contributed by atoms with Crippen molar-refractivity contribution >= 4 is 44.3 Å². The third-order valence-corrected chi connectivity index (χ3v) is 4.81. The number of nitrogens with zero attached hydrogens (tertiary/aromatic N) is 4. The summed E-state index contributed by atoms with van der Waals surface area (Å²) in [6.07, 6.45) is 0. The van der Waals surface area contributed by atoms with E-state index in [4.69, 9.17) is 10.00 Å². The molecule has 7 nitrogen and oxygen atoms in total. The average molecular weight is 447 g/mol. The molecule has 0 saturated carbocycles. The van der Waals surface area contributed by atoms with Crippen molar-refractivity contribution in [3.05, 3.63) is 70.7 Å². The zero-order valence-corrected chi connectivity index (χ0v) is 16.9. The molecule has 4 rings (SSSR count). The van der Waals surface area contributed by atoms with Crippen LogP contribution in [-0.2, 0) is 0 Å². The van der Waals surface area contributed by atoms with Crippen molar-refractivity contribution in [3.63, 3.8) is 0 Å². The first-order valence-electron chi connectivity index (χ1n) is 8.72. The number of benzene rings is 3. The molecule has 142 valence electrons. The van der Waals surface area contributed by atoms with Gasteiger partial charge in [-0.05, 0) is 53.2 Å². The van der Waals surface area contributed by atoms with E-state index in [-0.39, 0.29) is 6.01 Å². The minimum atomic E-state index is 0.159. The van der Waals surface area contributed by atoms with Crippen LogP contribution in [0.15, 0.2) is 65.1 Å². The highest BCUT2D eigenvalue weighted by Crippen LogP contribution is 2.29. The van der Waals surface area contributed by atoms with Crippen LogP contribution in [0.25, 0.3) is 10.8 Å². The minimum absolute atomic E-state index is 0.159. The number of aromatic nitrogens is 3. The van der Waals surface area contributed by atoms with Crippen molar-refractivity contribution in [2.75, 3.05) is 17.7 Å². The molecule has 0 bridgehead atoms. The van der Waals surface area contributed by atoms with Crippen LogP contribution >= 0.6 is 15.9 Å². The fraction of sp³-hybridized carbons (Fsp3) is 0.0476. The lowest BCUT2D eigenvalue weighted by atomic mass is 10.1. The van der Waals surface area contributed by atoms with Crippen LogP contribution in [-0.4, -0.2) is 22.0 Å². The fourth-order valence-electron chi connectivity index (χ4n) is 2.71. The molecule has 0 saturated heterocycles. The van der Waals surface area contributed by atoms with Crippen LogP contribution in [0.4, 0.5) is 17.6 Å². The molecule has 0 atom stereocenters. The first-order valence-corrected chi connectivity index (χ1v) is 9.51. The van der Waals surface area contributed by atoms with Crippen molar-refractivity contribution in [1.29, 1.82) is 5.26 Å². The maximum Gasteiger partial charge on any atom is 0.328 e. The van der Waals surface area contributed by atoms with Crippen molar-refractivity contribution < 1.29 is 4.74 Å². The first-order chi connectivity index (χ1) is 14.1. The van der Waals surface area contributed by atoms with Crippen LogP contribution < -0.4 is 15.4 Å². The summed E-state index contributed by atoms with van der Waals surface area (Å²) < 4.78 is 6.87. The molecule has 0 radical (unpaired) electrons. The van der Waals surface area contributed by atoms with E-state index in [0.29, 0.717) is 23.2 Å². The van der Waals surface area contributed by atoms with Crippen LogP contribution in [0.1, 0.15) is 5.56 Å². The van der Waals surface area contributed by atoms with Gasteiger partial charge in [-0.2, -0.15) is 20.2 Å². The van der Waals surface area contributed by atoms with Gasteiger partial charge >= 0.3 is 6.01 Å². The number of fused-ring (bicyclic) bond motifs is 1. The topological polar surface area (TPSA) is 95.8 Å². The van der Waals surface area contributed by atoms with Gasteiger partial charge in [-0.15, -0.1) is 0 Å². The normalized spacial score (nSPS) is 10.4. The molecule has 3 aromatic carbocycles. The van der Waals surface area contributed by atoms with E-state index in [0.717, 1.165) is 20.9 Å². The highest BCUT2D eigenvalue weighted by Gasteiger charge is 2.10. The molecular formula is C21H15BrN6O. The van der Waals surface area contributed by atoms with E-state index in [2.05, 4.69) is 47.6 Å². The Morgan fingerprint density at radius 2 is 1.76 bits per heavy atom. The van der Waals surface area contributed by atoms with Crippen LogP contribution in [0.5, 0.6) is 11.8 Å². The second-order valence-electron chi connectivity index (χ2n) is 6.05. The van der Waals surface area contributed by atoms with Crippen molar-refractivity contribution in [2.24, 2.45) is 0 Å². The standard InChI is InChI=1S/C21H15BrN6O/c1-24-19-26-20(25-15-8-5-13(12-23)6-9-15)28-21(27-19)29-16-10-7-14-3-2-4-18(22)17(14)11-16/h2-11H,1H3,(H2,24,25,26,27,28). The first kappa shape index (κ1) is 18.7. The molecule has 0 spiro atoms. The quantitative estimate of drug-likeness (QED) is 0.432.